The minimum Gasteiger partial charge on any atom is -0.462 e. The highest BCUT2D eigenvalue weighted by molar-refractivity contribution is 6.02. The van der Waals surface area contributed by atoms with E-state index in [1.807, 2.05) is 0 Å². The average molecular weight is 206 g/mol. The number of pyridine rings is 1. The topological polar surface area (TPSA) is 65.2 Å². The molecule has 2 aromatic heterocycles. The smallest absolute Gasteiger partial charge is 0.339 e. The number of aryl methyl sites for hydroxylation is 1. The van der Waals surface area contributed by atoms with Crippen molar-refractivity contribution >= 4 is 17.1 Å². The molecule has 0 aromatic carbocycles. The highest BCUT2D eigenvalue weighted by Crippen LogP contribution is 2.20. The van der Waals surface area contributed by atoms with E-state index in [4.69, 9.17) is 9.26 Å². The van der Waals surface area contributed by atoms with E-state index in [0.29, 0.717) is 29.0 Å². The Morgan fingerprint density at radius 3 is 3.13 bits per heavy atom. The van der Waals surface area contributed by atoms with Gasteiger partial charge in [-0.25, -0.2) is 9.78 Å². The number of hydrogen-bond acceptors (Lipinski definition) is 5. The Morgan fingerprint density at radius 1 is 1.60 bits per heavy atom. The SMILES string of the molecule is CCOC(=O)c1ccnc2onc(C)c12. The third kappa shape index (κ3) is 1.56. The molecule has 0 aliphatic carbocycles. The molecule has 0 aliphatic rings. The number of esters is 1. The van der Waals surface area contributed by atoms with E-state index in [9.17, 15) is 4.79 Å². The number of nitrogens with zero attached hydrogens (tertiary/aromatic N) is 2. The monoisotopic (exact) mass is 206 g/mol. The molecule has 78 valence electrons. The second-order valence-corrected chi connectivity index (χ2v) is 3.03. The first kappa shape index (κ1) is 9.64. The summed E-state index contributed by atoms with van der Waals surface area (Å²) in [5.41, 5.74) is 1.44. The van der Waals surface area contributed by atoms with E-state index < -0.39 is 0 Å². The predicted octanol–water partition coefficient (Wildman–Crippen LogP) is 1.71. The Kier molecular flexibility index (Phi) is 2.37. The van der Waals surface area contributed by atoms with E-state index >= 15 is 0 Å². The molecule has 0 aliphatic heterocycles. The molecule has 0 fully saturated rings. The van der Waals surface area contributed by atoms with Crippen molar-refractivity contribution in [3.63, 3.8) is 0 Å². The minimum absolute atomic E-state index is 0.340. The summed E-state index contributed by atoms with van der Waals surface area (Å²) >= 11 is 0. The Hall–Kier alpha value is -1.91. The van der Waals surface area contributed by atoms with Gasteiger partial charge in [-0.15, -0.1) is 0 Å². The van der Waals surface area contributed by atoms with Gasteiger partial charge in [-0.05, 0) is 19.9 Å². The highest BCUT2D eigenvalue weighted by atomic mass is 16.5. The first-order valence-electron chi connectivity index (χ1n) is 4.62. The van der Waals surface area contributed by atoms with Crippen molar-refractivity contribution in [2.45, 2.75) is 13.8 Å². The standard InChI is InChI=1S/C10H10N2O3/c1-3-14-10(13)7-4-5-11-9-8(7)6(2)12-15-9/h4-5H,3H2,1-2H3. The van der Waals surface area contributed by atoms with Gasteiger partial charge < -0.3 is 9.26 Å². The molecule has 0 unspecified atom stereocenters. The van der Waals surface area contributed by atoms with Crippen molar-refractivity contribution in [2.75, 3.05) is 6.61 Å². The maximum absolute atomic E-state index is 11.6. The van der Waals surface area contributed by atoms with E-state index in [1.54, 1.807) is 19.9 Å². The zero-order chi connectivity index (χ0) is 10.8. The van der Waals surface area contributed by atoms with Crippen LogP contribution in [-0.4, -0.2) is 22.7 Å². The lowest BCUT2D eigenvalue weighted by molar-refractivity contribution is 0.0528. The van der Waals surface area contributed by atoms with Gasteiger partial charge >= 0.3 is 5.97 Å². The number of aromatic nitrogens is 2. The molecule has 0 bridgehead atoms. The van der Waals surface area contributed by atoms with Crippen LogP contribution in [0.2, 0.25) is 0 Å². The lowest BCUT2D eigenvalue weighted by Crippen LogP contribution is -2.05. The lowest BCUT2D eigenvalue weighted by atomic mass is 10.1. The Morgan fingerprint density at radius 2 is 2.40 bits per heavy atom. The van der Waals surface area contributed by atoms with Crippen LogP contribution < -0.4 is 0 Å². The number of ether oxygens (including phenoxy) is 1. The van der Waals surface area contributed by atoms with Gasteiger partial charge in [0.25, 0.3) is 5.71 Å². The number of hydrogen-bond donors (Lipinski definition) is 0. The molecular formula is C10H10N2O3. The second kappa shape index (κ2) is 3.68. The third-order valence-corrected chi connectivity index (χ3v) is 2.04. The van der Waals surface area contributed by atoms with Gasteiger partial charge in [0.2, 0.25) is 0 Å². The third-order valence-electron chi connectivity index (χ3n) is 2.04. The number of fused-ring (bicyclic) bond motifs is 1. The van der Waals surface area contributed by atoms with Crippen LogP contribution in [0.5, 0.6) is 0 Å². The summed E-state index contributed by atoms with van der Waals surface area (Å²) in [4.78, 5) is 15.6. The van der Waals surface area contributed by atoms with Crippen LogP contribution >= 0.6 is 0 Å². The van der Waals surface area contributed by atoms with Gasteiger partial charge in [0.1, 0.15) is 0 Å². The van der Waals surface area contributed by atoms with Crippen molar-refractivity contribution < 1.29 is 14.1 Å². The van der Waals surface area contributed by atoms with E-state index in [-0.39, 0.29) is 5.97 Å². The average Bonchev–Trinajstić information content (AvgIpc) is 2.61. The normalized spacial score (nSPS) is 10.5. The fraction of sp³-hybridized carbons (Fsp3) is 0.300. The van der Waals surface area contributed by atoms with Crippen LogP contribution in [-0.2, 0) is 4.74 Å². The molecule has 0 atom stereocenters. The number of carbonyl (C=O) groups excluding carboxylic acids is 1. The maximum atomic E-state index is 11.6. The summed E-state index contributed by atoms with van der Waals surface area (Å²) < 4.78 is 9.87. The van der Waals surface area contributed by atoms with E-state index in [2.05, 4.69) is 10.1 Å². The molecule has 0 amide bonds. The number of rotatable bonds is 2. The van der Waals surface area contributed by atoms with Crippen LogP contribution in [0, 0.1) is 6.92 Å². The highest BCUT2D eigenvalue weighted by Gasteiger charge is 2.16. The van der Waals surface area contributed by atoms with Crippen molar-refractivity contribution in [1.82, 2.24) is 10.1 Å². The Bertz CT molecular complexity index is 504. The van der Waals surface area contributed by atoms with Gasteiger partial charge in [-0.2, -0.15) is 0 Å². The summed E-state index contributed by atoms with van der Waals surface area (Å²) in [7, 11) is 0. The van der Waals surface area contributed by atoms with Crippen LogP contribution in [0.1, 0.15) is 23.0 Å². The van der Waals surface area contributed by atoms with Gasteiger partial charge in [0.15, 0.2) is 0 Å². The lowest BCUT2D eigenvalue weighted by Gasteiger charge is -2.01. The van der Waals surface area contributed by atoms with Crippen LogP contribution in [0.3, 0.4) is 0 Å². The Balaban J connectivity index is 2.59. The molecule has 0 spiro atoms. The number of carbonyl (C=O) groups is 1. The molecule has 2 aromatic rings. The molecule has 5 heteroatoms. The van der Waals surface area contributed by atoms with Gasteiger partial charge in [-0.3, -0.25) is 0 Å². The molecule has 5 nitrogen and oxygen atoms in total. The summed E-state index contributed by atoms with van der Waals surface area (Å²) in [5.74, 6) is -0.379. The molecule has 0 saturated carbocycles. The fourth-order valence-electron chi connectivity index (χ4n) is 1.40. The minimum atomic E-state index is -0.379. The summed E-state index contributed by atoms with van der Waals surface area (Å²) in [5, 5.41) is 4.37. The zero-order valence-corrected chi connectivity index (χ0v) is 8.48. The molecule has 15 heavy (non-hydrogen) atoms. The first-order chi connectivity index (χ1) is 7.24. The molecule has 0 radical (unpaired) electrons. The summed E-state index contributed by atoms with van der Waals surface area (Å²) in [6.45, 7) is 3.86. The van der Waals surface area contributed by atoms with Crippen molar-refractivity contribution in [3.8, 4) is 0 Å². The van der Waals surface area contributed by atoms with Gasteiger partial charge in [0, 0.05) is 6.20 Å². The van der Waals surface area contributed by atoms with Crippen molar-refractivity contribution in [2.24, 2.45) is 0 Å². The quantitative estimate of drug-likeness (QED) is 0.700. The molecule has 2 heterocycles. The molecular weight excluding hydrogens is 196 g/mol. The van der Waals surface area contributed by atoms with E-state index in [1.165, 1.54) is 6.20 Å². The zero-order valence-electron chi connectivity index (χ0n) is 8.48. The molecule has 0 saturated heterocycles. The fourth-order valence-corrected chi connectivity index (χ4v) is 1.40. The van der Waals surface area contributed by atoms with Crippen LogP contribution in [0.15, 0.2) is 16.8 Å². The predicted molar refractivity (Wildman–Crippen MR) is 52.5 cm³/mol. The van der Waals surface area contributed by atoms with Crippen molar-refractivity contribution in [3.05, 3.63) is 23.5 Å². The summed E-state index contributed by atoms with van der Waals surface area (Å²) in [6, 6.07) is 1.60. The maximum Gasteiger partial charge on any atom is 0.339 e. The molecule has 2 rings (SSSR count). The van der Waals surface area contributed by atoms with Gasteiger partial charge in [0.05, 0.1) is 23.3 Å². The van der Waals surface area contributed by atoms with Crippen LogP contribution in [0.25, 0.3) is 11.1 Å². The Labute approximate surface area is 86.0 Å². The van der Waals surface area contributed by atoms with Crippen LogP contribution in [0.4, 0.5) is 0 Å². The second-order valence-electron chi connectivity index (χ2n) is 3.03. The van der Waals surface area contributed by atoms with E-state index in [0.717, 1.165) is 0 Å². The molecule has 0 N–H and O–H groups in total. The van der Waals surface area contributed by atoms with Gasteiger partial charge in [-0.1, -0.05) is 5.16 Å². The van der Waals surface area contributed by atoms with Crippen molar-refractivity contribution in [1.29, 1.82) is 0 Å². The largest absolute Gasteiger partial charge is 0.462 e. The summed E-state index contributed by atoms with van der Waals surface area (Å²) in [6.07, 6.45) is 1.50. The first-order valence-corrected chi connectivity index (χ1v) is 4.62.